The molecule has 1 aromatic carbocycles. The van der Waals surface area contributed by atoms with Crippen molar-refractivity contribution >= 4 is 23.4 Å². The van der Waals surface area contributed by atoms with Gasteiger partial charge in [-0.15, -0.1) is 0 Å². The number of nitrogens with two attached hydrogens (primary N) is 1. The van der Waals surface area contributed by atoms with Crippen LogP contribution >= 0.6 is 11.6 Å². The highest BCUT2D eigenvalue weighted by atomic mass is 35.5. The molecule has 1 heterocycles. The number of hydrogen-bond donors (Lipinski definition) is 2. The number of nitrogens with zero attached hydrogens (tertiary/aromatic N) is 2. The van der Waals surface area contributed by atoms with Gasteiger partial charge in [-0.2, -0.15) is 5.10 Å². The van der Waals surface area contributed by atoms with Crippen LogP contribution in [0.3, 0.4) is 0 Å². The van der Waals surface area contributed by atoms with E-state index >= 15 is 0 Å². The molecule has 0 saturated heterocycles. The van der Waals surface area contributed by atoms with E-state index in [1.807, 2.05) is 6.92 Å². The molecule has 0 radical (unpaired) electrons. The van der Waals surface area contributed by atoms with Crippen molar-refractivity contribution in [1.82, 2.24) is 9.78 Å². The third kappa shape index (κ3) is 3.83. The Balaban J connectivity index is 2.26. The van der Waals surface area contributed by atoms with Crippen molar-refractivity contribution in [2.45, 2.75) is 32.9 Å². The van der Waals surface area contributed by atoms with Crippen molar-refractivity contribution in [2.75, 3.05) is 12.3 Å². The van der Waals surface area contributed by atoms with Crippen molar-refractivity contribution in [3.63, 3.8) is 0 Å². The Labute approximate surface area is 139 Å². The number of benzene rings is 1. The summed E-state index contributed by atoms with van der Waals surface area (Å²) in [4.78, 5) is 12.0. The second-order valence-electron chi connectivity index (χ2n) is 5.03. The van der Waals surface area contributed by atoms with Crippen LogP contribution in [0.15, 0.2) is 24.3 Å². The van der Waals surface area contributed by atoms with E-state index in [2.05, 4.69) is 5.10 Å². The minimum Gasteiger partial charge on any atom is -0.462 e. The summed E-state index contributed by atoms with van der Waals surface area (Å²) in [6, 6.07) is 6.88. The van der Waals surface area contributed by atoms with E-state index in [0.29, 0.717) is 22.7 Å². The van der Waals surface area contributed by atoms with Gasteiger partial charge in [-0.1, -0.05) is 30.7 Å². The highest BCUT2D eigenvalue weighted by Crippen LogP contribution is 2.23. The number of hydrogen-bond acceptors (Lipinski definition) is 5. The van der Waals surface area contributed by atoms with Crippen LogP contribution in [0.1, 0.15) is 41.6 Å². The highest BCUT2D eigenvalue weighted by molar-refractivity contribution is 6.30. The Morgan fingerprint density at radius 3 is 2.61 bits per heavy atom. The molecule has 6 nitrogen and oxygen atoms in total. The standard InChI is InChI=1S/C16H20ClN3O3/c1-3-12-14(16(22)23-4-2)15(18)20(19-12)9-13(21)10-5-7-11(17)8-6-10/h5-8,13,21H,3-4,9,18H2,1-2H3. The highest BCUT2D eigenvalue weighted by Gasteiger charge is 2.23. The zero-order chi connectivity index (χ0) is 17.0. The number of anilines is 1. The molecule has 3 N–H and O–H groups in total. The minimum atomic E-state index is -0.811. The lowest BCUT2D eigenvalue weighted by molar-refractivity contribution is 0.0526. The van der Waals surface area contributed by atoms with Crippen molar-refractivity contribution in [3.05, 3.63) is 46.1 Å². The maximum atomic E-state index is 12.0. The van der Waals surface area contributed by atoms with Crippen molar-refractivity contribution in [2.24, 2.45) is 0 Å². The predicted molar refractivity (Wildman–Crippen MR) is 88.4 cm³/mol. The van der Waals surface area contributed by atoms with Gasteiger partial charge in [0.25, 0.3) is 0 Å². The summed E-state index contributed by atoms with van der Waals surface area (Å²) in [5, 5.41) is 15.2. The van der Waals surface area contributed by atoms with Gasteiger partial charge >= 0.3 is 5.97 Å². The van der Waals surface area contributed by atoms with Gasteiger partial charge in [0, 0.05) is 5.02 Å². The fourth-order valence-electron chi connectivity index (χ4n) is 2.29. The first-order valence-electron chi connectivity index (χ1n) is 7.43. The summed E-state index contributed by atoms with van der Waals surface area (Å²) < 4.78 is 6.45. The molecule has 0 fully saturated rings. The van der Waals surface area contributed by atoms with Crippen LogP contribution in [0.25, 0.3) is 0 Å². The predicted octanol–water partition coefficient (Wildman–Crippen LogP) is 2.59. The van der Waals surface area contributed by atoms with Gasteiger partial charge in [0.1, 0.15) is 11.4 Å². The lowest BCUT2D eigenvalue weighted by atomic mass is 10.1. The van der Waals surface area contributed by atoms with E-state index in [1.54, 1.807) is 31.2 Å². The molecule has 0 aliphatic rings. The molecule has 0 saturated carbocycles. The van der Waals surface area contributed by atoms with Gasteiger partial charge in [-0.05, 0) is 31.0 Å². The van der Waals surface area contributed by atoms with Crippen molar-refractivity contribution in [1.29, 1.82) is 0 Å². The molecule has 0 aliphatic carbocycles. The topological polar surface area (TPSA) is 90.4 Å². The normalized spacial score (nSPS) is 12.2. The summed E-state index contributed by atoms with van der Waals surface area (Å²) in [6.07, 6.45) is -0.267. The number of carbonyl (C=O) groups excluding carboxylic acids is 1. The summed E-state index contributed by atoms with van der Waals surface area (Å²) in [6.45, 7) is 4.01. The van der Waals surface area contributed by atoms with Gasteiger partial charge in [0.05, 0.1) is 24.9 Å². The third-order valence-electron chi connectivity index (χ3n) is 3.48. The van der Waals surface area contributed by atoms with Crippen LogP contribution in [-0.4, -0.2) is 27.5 Å². The molecule has 23 heavy (non-hydrogen) atoms. The van der Waals surface area contributed by atoms with E-state index < -0.39 is 12.1 Å². The van der Waals surface area contributed by atoms with Crippen LogP contribution in [-0.2, 0) is 17.7 Å². The molecule has 1 unspecified atom stereocenters. The number of halogens is 1. The average Bonchev–Trinajstić information content (AvgIpc) is 2.84. The van der Waals surface area contributed by atoms with E-state index in [1.165, 1.54) is 4.68 Å². The van der Waals surface area contributed by atoms with Gasteiger partial charge < -0.3 is 15.6 Å². The number of aromatic nitrogens is 2. The number of rotatable bonds is 6. The average molecular weight is 338 g/mol. The number of aliphatic hydroxyl groups is 1. The summed E-state index contributed by atoms with van der Waals surface area (Å²) in [7, 11) is 0. The smallest absolute Gasteiger partial charge is 0.343 e. The molecule has 0 spiro atoms. The molecule has 1 aromatic heterocycles. The first kappa shape index (κ1) is 17.3. The fraction of sp³-hybridized carbons (Fsp3) is 0.375. The molecular formula is C16H20ClN3O3. The fourth-order valence-corrected chi connectivity index (χ4v) is 2.42. The van der Waals surface area contributed by atoms with Crippen LogP contribution in [0.4, 0.5) is 5.82 Å². The molecule has 1 atom stereocenters. The third-order valence-corrected chi connectivity index (χ3v) is 3.73. The molecular weight excluding hydrogens is 318 g/mol. The second kappa shape index (κ2) is 7.48. The number of nitrogen functional groups attached to an aromatic ring is 1. The zero-order valence-electron chi connectivity index (χ0n) is 13.1. The summed E-state index contributed by atoms with van der Waals surface area (Å²) in [5.41, 5.74) is 7.56. The SMILES string of the molecule is CCOC(=O)c1c(CC)nn(CC(O)c2ccc(Cl)cc2)c1N. The molecule has 2 aromatic rings. The molecule has 0 aliphatic heterocycles. The van der Waals surface area contributed by atoms with Crippen LogP contribution in [0, 0.1) is 0 Å². The lowest BCUT2D eigenvalue weighted by Crippen LogP contribution is -2.14. The van der Waals surface area contributed by atoms with Crippen LogP contribution in [0.5, 0.6) is 0 Å². The van der Waals surface area contributed by atoms with Gasteiger partial charge in [0.15, 0.2) is 0 Å². The maximum absolute atomic E-state index is 12.0. The first-order valence-corrected chi connectivity index (χ1v) is 7.81. The van der Waals surface area contributed by atoms with Gasteiger partial charge in [-0.3, -0.25) is 0 Å². The van der Waals surface area contributed by atoms with E-state index in [-0.39, 0.29) is 24.5 Å². The van der Waals surface area contributed by atoms with Crippen LogP contribution < -0.4 is 5.73 Å². The van der Waals surface area contributed by atoms with Crippen molar-refractivity contribution in [3.8, 4) is 0 Å². The molecule has 124 valence electrons. The van der Waals surface area contributed by atoms with E-state index in [4.69, 9.17) is 22.1 Å². The minimum absolute atomic E-state index is 0.139. The van der Waals surface area contributed by atoms with Crippen molar-refractivity contribution < 1.29 is 14.6 Å². The number of carbonyl (C=O) groups is 1. The summed E-state index contributed by atoms with van der Waals surface area (Å²) >= 11 is 5.84. The Kier molecular flexibility index (Phi) is 5.63. The number of ether oxygens (including phenoxy) is 1. The van der Waals surface area contributed by atoms with E-state index in [0.717, 1.165) is 0 Å². The number of esters is 1. The molecule has 0 bridgehead atoms. The number of aryl methyl sites for hydroxylation is 1. The zero-order valence-corrected chi connectivity index (χ0v) is 13.9. The molecule has 7 heteroatoms. The Bertz CT molecular complexity index is 683. The van der Waals surface area contributed by atoms with Crippen LogP contribution in [0.2, 0.25) is 5.02 Å². The second-order valence-corrected chi connectivity index (χ2v) is 5.47. The van der Waals surface area contributed by atoms with E-state index in [9.17, 15) is 9.90 Å². The Morgan fingerprint density at radius 2 is 2.04 bits per heavy atom. The maximum Gasteiger partial charge on any atom is 0.343 e. The Morgan fingerprint density at radius 1 is 1.39 bits per heavy atom. The largest absolute Gasteiger partial charge is 0.462 e. The number of aliphatic hydroxyl groups excluding tert-OH is 1. The van der Waals surface area contributed by atoms with Gasteiger partial charge in [0.2, 0.25) is 0 Å². The lowest BCUT2D eigenvalue weighted by Gasteiger charge is -2.12. The van der Waals surface area contributed by atoms with Gasteiger partial charge in [-0.25, -0.2) is 9.48 Å². The summed E-state index contributed by atoms with van der Waals surface area (Å²) in [5.74, 6) is -0.289. The Hall–Kier alpha value is -2.05. The molecule has 0 amide bonds. The first-order chi connectivity index (χ1) is 11.0. The molecule has 2 rings (SSSR count). The quantitative estimate of drug-likeness (QED) is 0.791. The monoisotopic (exact) mass is 337 g/mol.